The summed E-state index contributed by atoms with van der Waals surface area (Å²) in [7, 11) is -4.07. The Labute approximate surface area is 120 Å². The minimum absolute atomic E-state index is 0.175. The van der Waals surface area contributed by atoms with Gasteiger partial charge in [0.05, 0.1) is 11.1 Å². The average molecular weight is 365 g/mol. The van der Waals surface area contributed by atoms with Crippen LogP contribution in [0.4, 0.5) is 10.7 Å². The van der Waals surface area contributed by atoms with E-state index in [9.17, 15) is 18.5 Å². The molecule has 0 fully saturated rings. The third-order valence-electron chi connectivity index (χ3n) is 2.00. The van der Waals surface area contributed by atoms with E-state index in [1.165, 1.54) is 12.3 Å². The molecule has 0 atom stereocenters. The highest BCUT2D eigenvalue weighted by Gasteiger charge is 2.26. The van der Waals surface area contributed by atoms with Crippen molar-refractivity contribution in [3.8, 4) is 0 Å². The number of halogens is 1. The normalized spacial score (nSPS) is 11.2. The van der Waals surface area contributed by atoms with Gasteiger partial charge in [0.2, 0.25) is 0 Å². The van der Waals surface area contributed by atoms with Gasteiger partial charge in [-0.3, -0.25) is 14.8 Å². The SMILES string of the molecule is O=[N+]([O-])c1ccc(Br)cc1S(=O)(=O)Nc1cnns1. The highest BCUT2D eigenvalue weighted by atomic mass is 79.9. The lowest BCUT2D eigenvalue weighted by atomic mass is 10.3. The first-order valence-corrected chi connectivity index (χ1v) is 7.69. The molecule has 2 aromatic rings. The van der Waals surface area contributed by atoms with Crippen LogP contribution in [0.2, 0.25) is 0 Å². The molecule has 0 aliphatic carbocycles. The number of aromatic nitrogens is 2. The summed E-state index contributed by atoms with van der Waals surface area (Å²) in [6.07, 6.45) is 1.21. The molecule has 1 aromatic heterocycles. The molecule has 0 unspecified atom stereocenters. The molecule has 0 spiro atoms. The van der Waals surface area contributed by atoms with Crippen LogP contribution < -0.4 is 4.72 Å². The maximum Gasteiger partial charge on any atom is 0.289 e. The number of nitrogens with zero attached hydrogens (tertiary/aromatic N) is 3. The van der Waals surface area contributed by atoms with E-state index in [1.807, 2.05) is 0 Å². The third kappa shape index (κ3) is 3.05. The lowest BCUT2D eigenvalue weighted by Gasteiger charge is -2.06. The summed E-state index contributed by atoms with van der Waals surface area (Å²) in [5.74, 6) is 0. The number of anilines is 1. The Morgan fingerprint density at radius 2 is 2.16 bits per heavy atom. The zero-order chi connectivity index (χ0) is 14.0. The van der Waals surface area contributed by atoms with Crippen LogP contribution in [0.25, 0.3) is 0 Å². The van der Waals surface area contributed by atoms with Crippen LogP contribution in [0.1, 0.15) is 0 Å². The predicted octanol–water partition coefficient (Wildman–Crippen LogP) is 2.01. The molecule has 0 bridgehead atoms. The van der Waals surface area contributed by atoms with Gasteiger partial charge in [0.1, 0.15) is 5.00 Å². The van der Waals surface area contributed by atoms with Crippen molar-refractivity contribution in [2.45, 2.75) is 4.90 Å². The number of hydrogen-bond acceptors (Lipinski definition) is 7. The molecule has 0 aliphatic rings. The van der Waals surface area contributed by atoms with Gasteiger partial charge in [-0.25, -0.2) is 8.42 Å². The quantitative estimate of drug-likeness (QED) is 0.655. The summed E-state index contributed by atoms with van der Waals surface area (Å²) in [6.45, 7) is 0. The van der Waals surface area contributed by atoms with E-state index in [2.05, 4.69) is 30.2 Å². The molecular formula is C8H5BrN4O4S2. The Morgan fingerprint density at radius 3 is 2.74 bits per heavy atom. The molecule has 11 heteroatoms. The number of hydrogen-bond donors (Lipinski definition) is 1. The number of nitro benzene ring substituents is 1. The van der Waals surface area contributed by atoms with Gasteiger partial charge in [-0.1, -0.05) is 20.4 Å². The molecule has 1 aromatic carbocycles. The highest BCUT2D eigenvalue weighted by molar-refractivity contribution is 9.10. The van der Waals surface area contributed by atoms with E-state index in [-0.39, 0.29) is 5.00 Å². The van der Waals surface area contributed by atoms with E-state index in [0.717, 1.165) is 23.7 Å². The second kappa shape index (κ2) is 5.19. The van der Waals surface area contributed by atoms with E-state index < -0.39 is 25.5 Å². The summed E-state index contributed by atoms with van der Waals surface area (Å²) in [5, 5.41) is 14.5. The van der Waals surface area contributed by atoms with Gasteiger partial charge in [0.25, 0.3) is 15.7 Å². The van der Waals surface area contributed by atoms with Crippen molar-refractivity contribution in [1.82, 2.24) is 9.59 Å². The highest BCUT2D eigenvalue weighted by Crippen LogP contribution is 2.29. The second-order valence-electron chi connectivity index (χ2n) is 3.26. The Kier molecular flexibility index (Phi) is 3.78. The zero-order valence-corrected chi connectivity index (χ0v) is 12.2. The molecule has 2 rings (SSSR count). The Bertz CT molecular complexity index is 716. The minimum atomic E-state index is -4.07. The van der Waals surface area contributed by atoms with Crippen molar-refractivity contribution >= 4 is 48.2 Å². The van der Waals surface area contributed by atoms with Gasteiger partial charge >= 0.3 is 0 Å². The first-order valence-electron chi connectivity index (χ1n) is 4.64. The van der Waals surface area contributed by atoms with Crippen LogP contribution in [0.15, 0.2) is 33.8 Å². The number of nitrogens with one attached hydrogen (secondary N) is 1. The van der Waals surface area contributed by atoms with Gasteiger partial charge < -0.3 is 0 Å². The first-order chi connectivity index (χ1) is 8.90. The van der Waals surface area contributed by atoms with Crippen molar-refractivity contribution < 1.29 is 13.3 Å². The Morgan fingerprint density at radius 1 is 1.42 bits per heavy atom. The molecule has 0 aliphatic heterocycles. The predicted molar refractivity (Wildman–Crippen MR) is 71.5 cm³/mol. The molecule has 19 heavy (non-hydrogen) atoms. The van der Waals surface area contributed by atoms with E-state index in [0.29, 0.717) is 4.47 Å². The fraction of sp³-hybridized carbons (Fsp3) is 0. The molecule has 0 amide bonds. The van der Waals surface area contributed by atoms with Gasteiger partial charge in [0.15, 0.2) is 4.90 Å². The van der Waals surface area contributed by atoms with Gasteiger partial charge in [-0.05, 0) is 12.1 Å². The molecule has 1 heterocycles. The maximum atomic E-state index is 12.1. The van der Waals surface area contributed by atoms with Crippen molar-refractivity contribution in [3.63, 3.8) is 0 Å². The molecule has 0 saturated heterocycles. The third-order valence-corrected chi connectivity index (χ3v) is 4.60. The van der Waals surface area contributed by atoms with Crippen LogP contribution >= 0.6 is 27.5 Å². The summed E-state index contributed by atoms with van der Waals surface area (Å²) in [5.41, 5.74) is -0.506. The fourth-order valence-corrected chi connectivity index (χ4v) is 3.65. The molecule has 0 saturated carbocycles. The Hall–Kier alpha value is -1.59. The van der Waals surface area contributed by atoms with Crippen molar-refractivity contribution in [2.75, 3.05) is 4.72 Å². The van der Waals surface area contributed by atoms with Gasteiger partial charge in [-0.2, -0.15) is 0 Å². The smallest absolute Gasteiger partial charge is 0.268 e. The van der Waals surface area contributed by atoms with Crippen LogP contribution in [0, 0.1) is 10.1 Å². The first kappa shape index (κ1) is 13.8. The zero-order valence-electron chi connectivity index (χ0n) is 8.98. The van der Waals surface area contributed by atoms with Crippen LogP contribution in [-0.4, -0.2) is 22.9 Å². The average Bonchev–Trinajstić information content (AvgIpc) is 2.80. The topological polar surface area (TPSA) is 115 Å². The number of nitro groups is 1. The summed E-state index contributed by atoms with van der Waals surface area (Å²) in [6, 6.07) is 3.67. The standard InChI is InChI=1S/C8H5BrN4O4S2/c9-5-1-2-6(13(14)15)7(3-5)19(16,17)11-8-4-10-12-18-8/h1-4,11H. The number of rotatable bonds is 4. The van der Waals surface area contributed by atoms with Crippen molar-refractivity contribution in [2.24, 2.45) is 0 Å². The van der Waals surface area contributed by atoms with Gasteiger partial charge in [-0.15, -0.1) is 5.10 Å². The summed E-state index contributed by atoms with van der Waals surface area (Å²) >= 11 is 3.91. The molecular weight excluding hydrogens is 360 g/mol. The molecule has 8 nitrogen and oxygen atoms in total. The fourth-order valence-electron chi connectivity index (χ4n) is 1.25. The molecule has 0 radical (unpaired) electrons. The van der Waals surface area contributed by atoms with E-state index >= 15 is 0 Å². The number of benzene rings is 1. The van der Waals surface area contributed by atoms with Crippen LogP contribution in [0.5, 0.6) is 0 Å². The van der Waals surface area contributed by atoms with Crippen LogP contribution in [-0.2, 0) is 10.0 Å². The summed E-state index contributed by atoms with van der Waals surface area (Å²) < 4.78 is 30.3. The van der Waals surface area contributed by atoms with Crippen molar-refractivity contribution in [3.05, 3.63) is 39.0 Å². The molecule has 100 valence electrons. The van der Waals surface area contributed by atoms with Crippen LogP contribution in [0.3, 0.4) is 0 Å². The summed E-state index contributed by atoms with van der Waals surface area (Å²) in [4.78, 5) is 9.67. The number of sulfonamides is 1. The second-order valence-corrected chi connectivity index (χ2v) is 6.61. The molecule has 1 N–H and O–H groups in total. The maximum absolute atomic E-state index is 12.1. The van der Waals surface area contributed by atoms with E-state index in [1.54, 1.807) is 0 Å². The lowest BCUT2D eigenvalue weighted by molar-refractivity contribution is -0.387. The van der Waals surface area contributed by atoms with Gasteiger partial charge in [0, 0.05) is 22.1 Å². The lowest BCUT2D eigenvalue weighted by Crippen LogP contribution is -2.14. The van der Waals surface area contributed by atoms with Crippen molar-refractivity contribution in [1.29, 1.82) is 0 Å². The minimum Gasteiger partial charge on any atom is -0.268 e. The largest absolute Gasteiger partial charge is 0.289 e. The van der Waals surface area contributed by atoms with E-state index in [4.69, 9.17) is 0 Å². The monoisotopic (exact) mass is 364 g/mol. The Balaban J connectivity index is 2.50.